The molecule has 1 heterocycles. The van der Waals surface area contributed by atoms with Crippen molar-refractivity contribution in [2.45, 2.75) is 71.2 Å². The van der Waals surface area contributed by atoms with Crippen molar-refractivity contribution in [3.8, 4) is 0 Å². The van der Waals surface area contributed by atoms with Crippen molar-refractivity contribution in [3.05, 3.63) is 32.3 Å². The zero-order valence-corrected chi connectivity index (χ0v) is 17.4. The van der Waals surface area contributed by atoms with Crippen molar-refractivity contribution in [2.75, 3.05) is 13.1 Å². The number of hydrogen-bond donors (Lipinski definition) is 2. The smallest absolute Gasteiger partial charge is 0.390 e. The van der Waals surface area contributed by atoms with Gasteiger partial charge in [0.05, 0.1) is 6.54 Å². The fourth-order valence-corrected chi connectivity index (χ4v) is 2.54. The van der Waals surface area contributed by atoms with Crippen LogP contribution in [0.2, 0.25) is 0 Å². The predicted octanol–water partition coefficient (Wildman–Crippen LogP) is 2.45. The summed E-state index contributed by atoms with van der Waals surface area (Å²) in [7, 11) is 0. The Labute approximate surface area is 164 Å². The fourth-order valence-electron chi connectivity index (χ4n) is 2.54. The molecule has 0 radical (unpaired) electrons. The summed E-state index contributed by atoms with van der Waals surface area (Å²) in [6.45, 7) is 12.6. The maximum atomic E-state index is 11.4. The Morgan fingerprint density at radius 2 is 1.71 bits per heavy atom. The zero-order chi connectivity index (χ0) is 21.5. The largest absolute Gasteiger partial charge is 0.434 e. The van der Waals surface area contributed by atoms with Crippen LogP contribution in [-0.2, 0) is 6.54 Å². The first-order valence-corrected chi connectivity index (χ1v) is 9.25. The first kappa shape index (κ1) is 23.8. The Kier molecular flexibility index (Phi) is 8.30. The molecule has 0 fully saturated rings. The van der Waals surface area contributed by atoms with Gasteiger partial charge in [0.2, 0.25) is 0 Å². The zero-order valence-electron chi connectivity index (χ0n) is 17.4. The summed E-state index contributed by atoms with van der Waals surface area (Å²) < 4.78 is 1.32. The molecule has 28 heavy (non-hydrogen) atoms. The third kappa shape index (κ3) is 6.41. The lowest BCUT2D eigenvalue weighted by atomic mass is 9.93. The van der Waals surface area contributed by atoms with Crippen LogP contribution in [-0.4, -0.2) is 50.7 Å². The van der Waals surface area contributed by atoms with Gasteiger partial charge in [0, 0.05) is 11.1 Å². The van der Waals surface area contributed by atoms with Gasteiger partial charge in [0.1, 0.15) is 24.5 Å². The molecule has 1 aromatic heterocycles. The predicted molar refractivity (Wildman–Crippen MR) is 107 cm³/mol. The van der Waals surface area contributed by atoms with Crippen molar-refractivity contribution in [2.24, 2.45) is 16.3 Å². The molecule has 158 valence electrons. The highest BCUT2D eigenvalue weighted by atomic mass is 16.6. The van der Waals surface area contributed by atoms with Crippen molar-refractivity contribution >= 4 is 5.95 Å². The van der Waals surface area contributed by atoms with E-state index in [1.54, 1.807) is 6.92 Å². The molecule has 1 rings (SSSR count). The van der Waals surface area contributed by atoms with Crippen LogP contribution in [0.25, 0.3) is 0 Å². The second-order valence-electron chi connectivity index (χ2n) is 8.35. The summed E-state index contributed by atoms with van der Waals surface area (Å²) in [4.78, 5) is 36.3. The highest BCUT2D eigenvalue weighted by Gasteiger charge is 2.34. The summed E-state index contributed by atoms with van der Waals surface area (Å²) in [5.74, 6) is -0.116. The van der Waals surface area contributed by atoms with Crippen LogP contribution in [0.5, 0.6) is 0 Å². The average Bonchev–Trinajstić information content (AvgIpc) is 3.10. The molecule has 0 saturated carbocycles. The Hall–Kier alpha value is -2.27. The van der Waals surface area contributed by atoms with Gasteiger partial charge in [-0.2, -0.15) is 9.81 Å². The number of hydrogen-bond acceptors (Lipinski definition) is 9. The lowest BCUT2D eigenvalue weighted by Gasteiger charge is -2.33. The molecule has 1 aromatic rings. The molecule has 11 nitrogen and oxygen atoms in total. The van der Waals surface area contributed by atoms with E-state index >= 15 is 0 Å². The second kappa shape index (κ2) is 9.78. The number of nitrogens with one attached hydrogen (secondary N) is 2. The highest BCUT2D eigenvalue weighted by Crippen LogP contribution is 2.19. The molecular weight excluding hydrogens is 366 g/mol. The summed E-state index contributed by atoms with van der Waals surface area (Å²) in [5.41, 5.74) is -1.10. The van der Waals surface area contributed by atoms with Gasteiger partial charge in [-0.05, 0) is 58.5 Å². The molecule has 0 saturated heterocycles. The lowest BCUT2D eigenvalue weighted by molar-refractivity contribution is -0.396. The van der Waals surface area contributed by atoms with Gasteiger partial charge in [0.25, 0.3) is 0 Å². The molecule has 0 amide bonds. The van der Waals surface area contributed by atoms with E-state index in [0.717, 1.165) is 0 Å². The van der Waals surface area contributed by atoms with Gasteiger partial charge in [-0.1, -0.05) is 22.3 Å². The summed E-state index contributed by atoms with van der Waals surface area (Å²) in [6.07, 6.45) is 2.79. The minimum absolute atomic E-state index is 0.0575. The molecule has 0 aromatic carbocycles. The maximum absolute atomic E-state index is 11.4. The van der Waals surface area contributed by atoms with Gasteiger partial charge in [-0.15, -0.1) is 0 Å². The minimum Gasteiger partial charge on any atom is -0.390 e. The van der Waals surface area contributed by atoms with Crippen LogP contribution in [0.3, 0.4) is 0 Å². The van der Waals surface area contributed by atoms with Crippen molar-refractivity contribution in [3.63, 3.8) is 0 Å². The molecule has 0 spiro atoms. The summed E-state index contributed by atoms with van der Waals surface area (Å²) in [5, 5.41) is 23.9. The first-order valence-electron chi connectivity index (χ1n) is 9.25. The number of nitrogens with zero attached hydrogens (tertiary/aromatic N) is 5. The van der Waals surface area contributed by atoms with E-state index in [-0.39, 0.29) is 24.5 Å². The van der Waals surface area contributed by atoms with Crippen molar-refractivity contribution < 1.29 is 4.92 Å². The molecule has 0 aliphatic heterocycles. The normalized spacial score (nSPS) is 15.6. The number of nitroso groups, excluding NO2 is 2. The van der Waals surface area contributed by atoms with E-state index in [9.17, 15) is 19.9 Å². The first-order chi connectivity index (χ1) is 12.9. The summed E-state index contributed by atoms with van der Waals surface area (Å²) in [6, 6.07) is -1.09. The number of imidazole rings is 1. The van der Waals surface area contributed by atoms with E-state index in [4.69, 9.17) is 0 Å². The Bertz CT molecular complexity index is 674. The fraction of sp³-hybridized carbons (Fsp3) is 0.824. The highest BCUT2D eigenvalue weighted by molar-refractivity contribution is 5.08. The lowest BCUT2D eigenvalue weighted by Crippen LogP contribution is -2.53. The van der Waals surface area contributed by atoms with E-state index in [0.29, 0.717) is 13.1 Å². The Morgan fingerprint density at radius 3 is 2.21 bits per heavy atom. The molecule has 11 heteroatoms. The van der Waals surface area contributed by atoms with E-state index in [1.807, 2.05) is 34.6 Å². The Morgan fingerprint density at radius 1 is 1.14 bits per heavy atom. The summed E-state index contributed by atoms with van der Waals surface area (Å²) >= 11 is 0. The molecule has 0 bridgehead atoms. The molecular formula is C17H31N7O4. The van der Waals surface area contributed by atoms with Gasteiger partial charge in [-0.25, -0.2) is 4.57 Å². The molecule has 3 unspecified atom stereocenters. The quantitative estimate of drug-likeness (QED) is 0.295. The average molecular weight is 397 g/mol. The molecule has 2 N–H and O–H groups in total. The second-order valence-corrected chi connectivity index (χ2v) is 8.35. The number of rotatable bonds is 13. The van der Waals surface area contributed by atoms with Crippen molar-refractivity contribution in [1.29, 1.82) is 0 Å². The molecule has 0 aliphatic rings. The van der Waals surface area contributed by atoms with Gasteiger partial charge in [-0.3, -0.25) is 0 Å². The van der Waals surface area contributed by atoms with E-state index in [1.165, 1.54) is 17.0 Å². The number of aromatic nitrogens is 2. The SMILES string of the molecule is CC(CNC(C)(C)C(C)N=O)CNC(C)(C)C(Cn1ccnc1[N+](=O)[O-])N=O. The van der Waals surface area contributed by atoms with Crippen LogP contribution in [0, 0.1) is 25.8 Å². The third-order valence-electron chi connectivity index (χ3n) is 5.20. The maximum Gasteiger partial charge on any atom is 0.434 e. The Balaban J connectivity index is 2.65. The van der Waals surface area contributed by atoms with Gasteiger partial charge in [0.15, 0.2) is 0 Å². The van der Waals surface area contributed by atoms with Crippen LogP contribution in [0.1, 0.15) is 41.5 Å². The minimum atomic E-state index is -0.726. The van der Waals surface area contributed by atoms with Crippen molar-refractivity contribution in [1.82, 2.24) is 20.2 Å². The van der Waals surface area contributed by atoms with E-state index < -0.39 is 22.0 Å². The number of nitro groups is 1. The topological polar surface area (TPSA) is 144 Å². The molecule has 3 atom stereocenters. The van der Waals surface area contributed by atoms with Crippen LogP contribution in [0.15, 0.2) is 22.7 Å². The van der Waals surface area contributed by atoms with Crippen LogP contribution < -0.4 is 10.6 Å². The van der Waals surface area contributed by atoms with Crippen LogP contribution in [0.4, 0.5) is 5.95 Å². The van der Waals surface area contributed by atoms with E-state index in [2.05, 4.69) is 26.0 Å². The van der Waals surface area contributed by atoms with Crippen LogP contribution >= 0.6 is 0 Å². The standard InChI is InChI=1S/C17H31N7O4/c1-12(9-19-16(3,4)13(2)21-25)10-20-17(5,6)14(22-26)11-23-8-7-18-15(23)24(27)28/h7-8,12-14,19-20H,9-11H2,1-6H3. The van der Waals surface area contributed by atoms with Gasteiger partial charge >= 0.3 is 5.95 Å². The molecule has 0 aliphatic carbocycles. The van der Waals surface area contributed by atoms with Gasteiger partial charge < -0.3 is 20.7 Å². The monoisotopic (exact) mass is 397 g/mol. The third-order valence-corrected chi connectivity index (χ3v) is 5.20.